The fraction of sp³-hybridized carbons (Fsp3) is 0.462. The molecule has 0 aromatic heterocycles. The molecule has 1 aromatic carbocycles. The van der Waals surface area contributed by atoms with Crippen LogP contribution in [0.1, 0.15) is 24.8 Å². The first kappa shape index (κ1) is 10.2. The van der Waals surface area contributed by atoms with E-state index in [9.17, 15) is 9.90 Å². The molecule has 0 spiro atoms. The Labute approximate surface area is 99.2 Å². The van der Waals surface area contributed by atoms with Gasteiger partial charge >= 0.3 is 5.97 Å². The molecule has 0 aliphatic heterocycles. The standard InChI is InChI=1S/C13H13ClO2/c14-11-4-2-1-3-9(11)13(8-5-6-8)7-10(13)12(15)16/h1-4,8,10H,5-7H2,(H,15,16)/t10-,13?/m0/s1. The van der Waals surface area contributed by atoms with E-state index in [-0.39, 0.29) is 11.3 Å². The zero-order chi connectivity index (χ0) is 11.3. The molecule has 2 atom stereocenters. The molecule has 3 rings (SSSR count). The van der Waals surface area contributed by atoms with Crippen LogP contribution < -0.4 is 0 Å². The Hall–Kier alpha value is -1.02. The maximum Gasteiger partial charge on any atom is 0.307 e. The van der Waals surface area contributed by atoms with Crippen LogP contribution >= 0.6 is 11.6 Å². The molecule has 2 fully saturated rings. The zero-order valence-corrected chi connectivity index (χ0v) is 9.57. The van der Waals surface area contributed by atoms with Crippen molar-refractivity contribution in [2.45, 2.75) is 24.7 Å². The molecular formula is C13H13ClO2. The van der Waals surface area contributed by atoms with Crippen molar-refractivity contribution in [1.82, 2.24) is 0 Å². The van der Waals surface area contributed by atoms with E-state index in [1.807, 2.05) is 24.3 Å². The molecule has 0 bridgehead atoms. The summed E-state index contributed by atoms with van der Waals surface area (Å²) in [5.74, 6) is -0.361. The van der Waals surface area contributed by atoms with Gasteiger partial charge in [-0.15, -0.1) is 0 Å². The van der Waals surface area contributed by atoms with Gasteiger partial charge in [0.05, 0.1) is 5.92 Å². The molecule has 1 unspecified atom stereocenters. The summed E-state index contributed by atoms with van der Waals surface area (Å²) >= 11 is 6.20. The second-order valence-electron chi connectivity index (χ2n) is 4.89. The molecule has 2 nitrogen and oxygen atoms in total. The quantitative estimate of drug-likeness (QED) is 0.876. The normalized spacial score (nSPS) is 32.4. The lowest BCUT2D eigenvalue weighted by Crippen LogP contribution is -2.17. The number of rotatable bonds is 3. The van der Waals surface area contributed by atoms with Crippen LogP contribution in [0.2, 0.25) is 5.02 Å². The summed E-state index contributed by atoms with van der Waals surface area (Å²) in [6.45, 7) is 0. The van der Waals surface area contributed by atoms with Gasteiger partial charge in [0.25, 0.3) is 0 Å². The number of carboxylic acid groups (broad SMARTS) is 1. The monoisotopic (exact) mass is 236 g/mol. The van der Waals surface area contributed by atoms with Gasteiger partial charge < -0.3 is 5.11 Å². The molecule has 2 aliphatic rings. The molecule has 1 N–H and O–H groups in total. The summed E-state index contributed by atoms with van der Waals surface area (Å²) in [6.07, 6.45) is 3.06. The fourth-order valence-electron chi connectivity index (χ4n) is 2.99. The highest BCUT2D eigenvalue weighted by atomic mass is 35.5. The lowest BCUT2D eigenvalue weighted by molar-refractivity contribution is -0.139. The Kier molecular flexibility index (Phi) is 2.05. The molecule has 0 radical (unpaired) electrons. The zero-order valence-electron chi connectivity index (χ0n) is 8.82. The van der Waals surface area contributed by atoms with Gasteiger partial charge in [0.2, 0.25) is 0 Å². The predicted molar refractivity (Wildman–Crippen MR) is 61.6 cm³/mol. The molecule has 1 aromatic rings. The average molecular weight is 237 g/mol. The smallest absolute Gasteiger partial charge is 0.307 e. The number of benzene rings is 1. The summed E-state index contributed by atoms with van der Waals surface area (Å²) in [5, 5.41) is 9.90. The molecular weight excluding hydrogens is 224 g/mol. The average Bonchev–Trinajstić information content (AvgIpc) is 3.12. The second-order valence-corrected chi connectivity index (χ2v) is 5.30. The van der Waals surface area contributed by atoms with Gasteiger partial charge in [0, 0.05) is 10.4 Å². The lowest BCUT2D eigenvalue weighted by Gasteiger charge is -2.17. The first-order valence-corrected chi connectivity index (χ1v) is 6.02. The highest BCUT2D eigenvalue weighted by Gasteiger charge is 2.66. The number of halogens is 1. The van der Waals surface area contributed by atoms with Crippen molar-refractivity contribution < 1.29 is 9.90 Å². The Morgan fingerprint density at radius 3 is 2.56 bits per heavy atom. The van der Waals surface area contributed by atoms with Crippen LogP contribution in [0.15, 0.2) is 24.3 Å². The van der Waals surface area contributed by atoms with E-state index in [2.05, 4.69) is 0 Å². The second kappa shape index (κ2) is 3.24. The number of carboxylic acids is 1. The van der Waals surface area contributed by atoms with E-state index < -0.39 is 5.97 Å². The van der Waals surface area contributed by atoms with Crippen molar-refractivity contribution >= 4 is 17.6 Å². The molecule has 2 saturated carbocycles. The largest absolute Gasteiger partial charge is 0.481 e. The molecule has 0 amide bonds. The number of carbonyl (C=O) groups is 1. The minimum absolute atomic E-state index is 0.149. The van der Waals surface area contributed by atoms with Crippen LogP contribution in [0.3, 0.4) is 0 Å². The van der Waals surface area contributed by atoms with E-state index in [1.165, 1.54) is 0 Å². The molecule has 16 heavy (non-hydrogen) atoms. The molecule has 2 aliphatic carbocycles. The fourth-order valence-corrected chi connectivity index (χ4v) is 3.30. The van der Waals surface area contributed by atoms with Crippen molar-refractivity contribution in [3.63, 3.8) is 0 Å². The van der Waals surface area contributed by atoms with Gasteiger partial charge in [-0.3, -0.25) is 4.79 Å². The SMILES string of the molecule is O=C(O)[C@@H]1CC1(c1ccccc1Cl)C1CC1. The lowest BCUT2D eigenvalue weighted by atomic mass is 9.88. The molecule has 0 heterocycles. The third kappa shape index (κ3) is 1.29. The minimum atomic E-state index is -0.674. The van der Waals surface area contributed by atoms with Gasteiger partial charge in [-0.05, 0) is 36.8 Å². The third-order valence-corrected chi connectivity index (χ3v) is 4.31. The van der Waals surface area contributed by atoms with Crippen LogP contribution in [-0.4, -0.2) is 11.1 Å². The van der Waals surface area contributed by atoms with Crippen LogP contribution in [0.4, 0.5) is 0 Å². The summed E-state index contributed by atoms with van der Waals surface area (Å²) in [4.78, 5) is 11.2. The summed E-state index contributed by atoms with van der Waals surface area (Å²) in [5.41, 5.74) is 0.899. The molecule has 0 saturated heterocycles. The maximum atomic E-state index is 11.2. The minimum Gasteiger partial charge on any atom is -0.481 e. The van der Waals surface area contributed by atoms with E-state index in [0.29, 0.717) is 5.92 Å². The van der Waals surface area contributed by atoms with Gasteiger partial charge in [-0.25, -0.2) is 0 Å². The Balaban J connectivity index is 2.03. The highest BCUT2D eigenvalue weighted by Crippen LogP contribution is 2.67. The van der Waals surface area contributed by atoms with Crippen molar-refractivity contribution in [3.8, 4) is 0 Å². The van der Waals surface area contributed by atoms with Crippen LogP contribution in [0, 0.1) is 11.8 Å². The highest BCUT2D eigenvalue weighted by molar-refractivity contribution is 6.31. The number of aliphatic carboxylic acids is 1. The third-order valence-electron chi connectivity index (χ3n) is 3.98. The molecule has 3 heteroatoms. The van der Waals surface area contributed by atoms with Crippen molar-refractivity contribution in [3.05, 3.63) is 34.9 Å². The van der Waals surface area contributed by atoms with Crippen LogP contribution in [0.25, 0.3) is 0 Å². The van der Waals surface area contributed by atoms with Gasteiger partial charge in [0.1, 0.15) is 0 Å². The van der Waals surface area contributed by atoms with Crippen molar-refractivity contribution in [1.29, 1.82) is 0 Å². The summed E-state index contributed by atoms with van der Waals surface area (Å²) < 4.78 is 0. The Bertz CT molecular complexity index is 453. The van der Waals surface area contributed by atoms with Gasteiger partial charge in [-0.2, -0.15) is 0 Å². The van der Waals surface area contributed by atoms with Gasteiger partial charge in [-0.1, -0.05) is 29.8 Å². The topological polar surface area (TPSA) is 37.3 Å². The van der Waals surface area contributed by atoms with Gasteiger partial charge in [0.15, 0.2) is 0 Å². The predicted octanol–water partition coefficient (Wildman–Crippen LogP) is 3.09. The summed E-state index contributed by atoms with van der Waals surface area (Å²) in [7, 11) is 0. The van der Waals surface area contributed by atoms with Crippen molar-refractivity contribution in [2.75, 3.05) is 0 Å². The van der Waals surface area contributed by atoms with Crippen LogP contribution in [-0.2, 0) is 10.2 Å². The maximum absolute atomic E-state index is 11.2. The van der Waals surface area contributed by atoms with Crippen LogP contribution in [0.5, 0.6) is 0 Å². The first-order valence-electron chi connectivity index (χ1n) is 5.64. The Morgan fingerprint density at radius 1 is 1.38 bits per heavy atom. The van der Waals surface area contributed by atoms with Crippen molar-refractivity contribution in [2.24, 2.45) is 11.8 Å². The van der Waals surface area contributed by atoms with E-state index in [1.54, 1.807) is 0 Å². The number of hydrogen-bond acceptors (Lipinski definition) is 1. The Morgan fingerprint density at radius 2 is 2.06 bits per heavy atom. The van der Waals surface area contributed by atoms with E-state index in [0.717, 1.165) is 29.8 Å². The first-order chi connectivity index (χ1) is 7.66. The van der Waals surface area contributed by atoms with E-state index >= 15 is 0 Å². The molecule has 84 valence electrons. The van der Waals surface area contributed by atoms with E-state index in [4.69, 9.17) is 11.6 Å². The summed E-state index contributed by atoms with van der Waals surface area (Å²) in [6, 6.07) is 7.69. The number of hydrogen-bond donors (Lipinski definition) is 1.